The first kappa shape index (κ1) is 20.5. The van der Waals surface area contributed by atoms with Gasteiger partial charge in [0.15, 0.2) is 6.61 Å². The average molecular weight is 382 g/mol. The van der Waals surface area contributed by atoms with E-state index in [9.17, 15) is 9.59 Å². The molecule has 0 spiro atoms. The Morgan fingerprint density at radius 1 is 1.31 bits per heavy atom. The molecule has 1 aliphatic carbocycles. The number of nitrogens with zero attached hydrogens (tertiary/aromatic N) is 1. The quantitative estimate of drug-likeness (QED) is 0.725. The number of ether oxygens (including phenoxy) is 1. The van der Waals surface area contributed by atoms with Crippen molar-refractivity contribution in [3.05, 3.63) is 24.3 Å². The number of halogens is 1. The molecule has 1 aliphatic heterocycles. The second-order valence-electron chi connectivity index (χ2n) is 6.81. The summed E-state index contributed by atoms with van der Waals surface area (Å²) in [4.78, 5) is 26.3. The zero-order valence-corrected chi connectivity index (χ0v) is 16.0. The van der Waals surface area contributed by atoms with Crippen LogP contribution in [0.25, 0.3) is 0 Å². The molecule has 1 saturated heterocycles. The van der Waals surface area contributed by atoms with E-state index in [2.05, 4.69) is 17.6 Å². The van der Waals surface area contributed by atoms with E-state index in [-0.39, 0.29) is 42.8 Å². The van der Waals surface area contributed by atoms with Crippen molar-refractivity contribution in [2.24, 2.45) is 5.92 Å². The SMILES string of the molecule is CCCN(C(=O)COc1cccc(NC(=O)C2CC2)c1)C1CCNC1.Cl. The Bertz CT molecular complexity index is 616. The molecule has 0 radical (unpaired) electrons. The minimum Gasteiger partial charge on any atom is -0.484 e. The minimum absolute atomic E-state index is 0. The highest BCUT2D eigenvalue weighted by atomic mass is 35.5. The number of carbonyl (C=O) groups is 2. The molecular formula is C19H28ClN3O3. The van der Waals surface area contributed by atoms with Crippen LogP contribution in [0, 0.1) is 5.92 Å². The highest BCUT2D eigenvalue weighted by Gasteiger charge is 2.29. The van der Waals surface area contributed by atoms with Gasteiger partial charge in [-0.3, -0.25) is 9.59 Å². The number of hydrogen-bond donors (Lipinski definition) is 2. The third-order valence-corrected chi connectivity index (χ3v) is 4.67. The van der Waals surface area contributed by atoms with Gasteiger partial charge in [-0.05, 0) is 44.4 Å². The van der Waals surface area contributed by atoms with Crippen molar-refractivity contribution in [3.8, 4) is 5.75 Å². The lowest BCUT2D eigenvalue weighted by Crippen LogP contribution is -2.44. The molecule has 1 saturated carbocycles. The van der Waals surface area contributed by atoms with E-state index in [1.54, 1.807) is 12.1 Å². The van der Waals surface area contributed by atoms with Crippen LogP contribution in [0.4, 0.5) is 5.69 Å². The standard InChI is InChI=1S/C19H27N3O3.ClH/c1-2-10-22(16-8-9-20-12-16)18(23)13-25-17-5-3-4-15(11-17)21-19(24)14-6-7-14;/h3-5,11,14,16,20H,2,6-10,12-13H2,1H3,(H,21,24);1H. The van der Waals surface area contributed by atoms with E-state index in [4.69, 9.17) is 4.74 Å². The summed E-state index contributed by atoms with van der Waals surface area (Å²) in [5.41, 5.74) is 0.715. The van der Waals surface area contributed by atoms with Crippen molar-refractivity contribution < 1.29 is 14.3 Å². The molecule has 1 atom stereocenters. The number of carbonyl (C=O) groups excluding carboxylic acids is 2. The molecule has 1 unspecified atom stereocenters. The fourth-order valence-corrected chi connectivity index (χ4v) is 3.14. The van der Waals surface area contributed by atoms with Crippen LogP contribution >= 0.6 is 12.4 Å². The molecular weight excluding hydrogens is 354 g/mol. The van der Waals surface area contributed by atoms with Crippen LogP contribution in [-0.2, 0) is 9.59 Å². The van der Waals surface area contributed by atoms with Crippen LogP contribution in [0.3, 0.4) is 0 Å². The summed E-state index contributed by atoms with van der Waals surface area (Å²) in [7, 11) is 0. The molecule has 1 heterocycles. The number of amides is 2. The molecule has 6 nitrogen and oxygen atoms in total. The number of hydrogen-bond acceptors (Lipinski definition) is 4. The van der Waals surface area contributed by atoms with Crippen molar-refractivity contribution in [1.82, 2.24) is 10.2 Å². The largest absolute Gasteiger partial charge is 0.484 e. The van der Waals surface area contributed by atoms with Crippen molar-refractivity contribution in [1.29, 1.82) is 0 Å². The molecule has 144 valence electrons. The van der Waals surface area contributed by atoms with Crippen molar-refractivity contribution in [2.75, 3.05) is 31.6 Å². The van der Waals surface area contributed by atoms with E-state index < -0.39 is 0 Å². The number of nitrogens with one attached hydrogen (secondary N) is 2. The maximum atomic E-state index is 12.6. The van der Waals surface area contributed by atoms with Crippen molar-refractivity contribution >= 4 is 29.9 Å². The summed E-state index contributed by atoms with van der Waals surface area (Å²) in [5, 5.41) is 6.20. The number of rotatable bonds is 8. The van der Waals surface area contributed by atoms with Gasteiger partial charge >= 0.3 is 0 Å². The van der Waals surface area contributed by atoms with E-state index >= 15 is 0 Å². The molecule has 7 heteroatoms. The smallest absolute Gasteiger partial charge is 0.260 e. The zero-order chi connectivity index (χ0) is 17.6. The molecule has 3 rings (SSSR count). The molecule has 1 aromatic carbocycles. The van der Waals surface area contributed by atoms with Crippen LogP contribution in [-0.4, -0.2) is 49.0 Å². The summed E-state index contributed by atoms with van der Waals surface area (Å²) < 4.78 is 5.69. The Morgan fingerprint density at radius 3 is 2.77 bits per heavy atom. The molecule has 2 fully saturated rings. The van der Waals surface area contributed by atoms with E-state index in [1.807, 2.05) is 17.0 Å². The molecule has 26 heavy (non-hydrogen) atoms. The second kappa shape index (κ2) is 9.78. The van der Waals surface area contributed by atoms with Crippen LogP contribution < -0.4 is 15.4 Å². The monoisotopic (exact) mass is 381 g/mol. The van der Waals surface area contributed by atoms with Crippen LogP contribution in [0.15, 0.2) is 24.3 Å². The maximum Gasteiger partial charge on any atom is 0.260 e. The normalized spacial score (nSPS) is 18.7. The first-order chi connectivity index (χ1) is 12.2. The third-order valence-electron chi connectivity index (χ3n) is 4.67. The van der Waals surface area contributed by atoms with Gasteiger partial charge in [0.25, 0.3) is 5.91 Å². The van der Waals surface area contributed by atoms with Crippen molar-refractivity contribution in [2.45, 2.75) is 38.6 Å². The third kappa shape index (κ3) is 5.61. The van der Waals surface area contributed by atoms with Gasteiger partial charge in [-0.2, -0.15) is 0 Å². The summed E-state index contributed by atoms with van der Waals surface area (Å²) in [6.07, 6.45) is 3.87. The first-order valence-electron chi connectivity index (χ1n) is 9.21. The summed E-state index contributed by atoms with van der Waals surface area (Å²) in [6.45, 7) is 4.67. The van der Waals surface area contributed by atoms with Gasteiger partial charge in [-0.25, -0.2) is 0 Å². The number of anilines is 1. The van der Waals surface area contributed by atoms with Gasteiger partial charge in [0.05, 0.1) is 0 Å². The Morgan fingerprint density at radius 2 is 2.12 bits per heavy atom. The van der Waals surface area contributed by atoms with E-state index in [1.165, 1.54) is 0 Å². The lowest BCUT2D eigenvalue weighted by molar-refractivity contribution is -0.135. The van der Waals surface area contributed by atoms with E-state index in [0.29, 0.717) is 11.4 Å². The fourth-order valence-electron chi connectivity index (χ4n) is 3.14. The molecule has 0 aromatic heterocycles. The predicted octanol–water partition coefficient (Wildman–Crippen LogP) is 2.44. The summed E-state index contributed by atoms with van der Waals surface area (Å²) in [6, 6.07) is 7.51. The fraction of sp³-hybridized carbons (Fsp3) is 0.579. The Hall–Kier alpha value is -1.79. The van der Waals surface area contributed by atoms with Gasteiger partial charge < -0.3 is 20.3 Å². The summed E-state index contributed by atoms with van der Waals surface area (Å²) in [5.74, 6) is 0.843. The van der Waals surface area contributed by atoms with Crippen LogP contribution in [0.5, 0.6) is 5.75 Å². The van der Waals surface area contributed by atoms with Crippen LogP contribution in [0.2, 0.25) is 0 Å². The van der Waals surface area contributed by atoms with Gasteiger partial charge in [0.2, 0.25) is 5.91 Å². The zero-order valence-electron chi connectivity index (χ0n) is 15.2. The molecule has 2 aliphatic rings. The highest BCUT2D eigenvalue weighted by molar-refractivity contribution is 5.94. The molecule has 2 N–H and O–H groups in total. The summed E-state index contributed by atoms with van der Waals surface area (Å²) >= 11 is 0. The Labute approximate surface area is 161 Å². The average Bonchev–Trinajstić information content (AvgIpc) is 3.34. The van der Waals surface area contributed by atoms with Crippen LogP contribution in [0.1, 0.15) is 32.6 Å². The van der Waals surface area contributed by atoms with Gasteiger partial charge in [0, 0.05) is 36.8 Å². The number of benzene rings is 1. The highest BCUT2D eigenvalue weighted by Crippen LogP contribution is 2.30. The topological polar surface area (TPSA) is 70.7 Å². The van der Waals surface area contributed by atoms with Crippen molar-refractivity contribution in [3.63, 3.8) is 0 Å². The maximum absolute atomic E-state index is 12.6. The minimum atomic E-state index is 0. The Balaban J connectivity index is 0.00000243. The predicted molar refractivity (Wildman–Crippen MR) is 104 cm³/mol. The van der Waals surface area contributed by atoms with Gasteiger partial charge in [-0.1, -0.05) is 13.0 Å². The van der Waals surface area contributed by atoms with E-state index in [0.717, 1.165) is 45.3 Å². The lowest BCUT2D eigenvalue weighted by atomic mass is 10.2. The molecule has 1 aromatic rings. The second-order valence-corrected chi connectivity index (χ2v) is 6.81. The van der Waals surface area contributed by atoms with Gasteiger partial charge in [-0.15, -0.1) is 12.4 Å². The molecule has 0 bridgehead atoms. The first-order valence-corrected chi connectivity index (χ1v) is 9.21. The molecule has 2 amide bonds. The van der Waals surface area contributed by atoms with Gasteiger partial charge in [0.1, 0.15) is 5.75 Å². The Kier molecular flexibility index (Phi) is 7.72. The lowest BCUT2D eigenvalue weighted by Gasteiger charge is -2.28.